The van der Waals surface area contributed by atoms with Crippen molar-refractivity contribution >= 4 is 32.4 Å². The molecule has 0 aliphatic heterocycles. The molecule has 2 aromatic rings. The molecule has 0 fully saturated rings. The van der Waals surface area contributed by atoms with Gasteiger partial charge in [0.1, 0.15) is 4.60 Å². The Morgan fingerprint density at radius 2 is 2.35 bits per heavy atom. The maximum atomic E-state index is 8.84. The van der Waals surface area contributed by atoms with Crippen molar-refractivity contribution in [3.8, 4) is 6.07 Å². The van der Waals surface area contributed by atoms with E-state index in [0.717, 1.165) is 21.8 Å². The minimum Gasteiger partial charge on any atom is -0.347 e. The van der Waals surface area contributed by atoms with Gasteiger partial charge in [0.05, 0.1) is 11.6 Å². The SMILES string of the molecule is CN(Cc1cccc(C#N)c1)c1nc(Br)cs1. The first-order chi connectivity index (χ1) is 8.19. The molecule has 86 valence electrons. The largest absolute Gasteiger partial charge is 0.347 e. The van der Waals surface area contributed by atoms with Crippen LogP contribution < -0.4 is 4.90 Å². The van der Waals surface area contributed by atoms with Gasteiger partial charge >= 0.3 is 0 Å². The molecule has 0 amide bonds. The van der Waals surface area contributed by atoms with Gasteiger partial charge in [0.15, 0.2) is 5.13 Å². The normalized spacial score (nSPS) is 9.94. The average Bonchev–Trinajstić information content (AvgIpc) is 2.76. The number of anilines is 1. The summed E-state index contributed by atoms with van der Waals surface area (Å²) in [4.78, 5) is 6.41. The van der Waals surface area contributed by atoms with E-state index < -0.39 is 0 Å². The summed E-state index contributed by atoms with van der Waals surface area (Å²) in [6, 6.07) is 9.77. The van der Waals surface area contributed by atoms with Crippen LogP contribution in [0, 0.1) is 11.3 Å². The molecule has 0 spiro atoms. The van der Waals surface area contributed by atoms with E-state index in [2.05, 4.69) is 31.9 Å². The highest BCUT2D eigenvalue weighted by Gasteiger charge is 2.06. The maximum absolute atomic E-state index is 8.84. The highest BCUT2D eigenvalue weighted by Crippen LogP contribution is 2.23. The van der Waals surface area contributed by atoms with E-state index in [0.29, 0.717) is 5.56 Å². The lowest BCUT2D eigenvalue weighted by Gasteiger charge is -2.15. The fourth-order valence-electron chi connectivity index (χ4n) is 1.50. The zero-order valence-electron chi connectivity index (χ0n) is 9.22. The van der Waals surface area contributed by atoms with Crippen molar-refractivity contribution in [2.24, 2.45) is 0 Å². The molecule has 0 atom stereocenters. The smallest absolute Gasteiger partial charge is 0.186 e. The predicted molar refractivity (Wildman–Crippen MR) is 73.1 cm³/mol. The number of nitrogens with zero attached hydrogens (tertiary/aromatic N) is 3. The van der Waals surface area contributed by atoms with Crippen molar-refractivity contribution in [3.05, 3.63) is 45.4 Å². The van der Waals surface area contributed by atoms with E-state index in [1.54, 1.807) is 11.3 Å². The summed E-state index contributed by atoms with van der Waals surface area (Å²) in [7, 11) is 1.99. The molecular weight excluding hydrogens is 298 g/mol. The molecule has 0 radical (unpaired) electrons. The summed E-state index contributed by atoms with van der Waals surface area (Å²) in [5, 5.41) is 11.7. The lowest BCUT2D eigenvalue weighted by atomic mass is 10.1. The lowest BCUT2D eigenvalue weighted by Crippen LogP contribution is -2.16. The molecule has 17 heavy (non-hydrogen) atoms. The number of nitriles is 1. The molecule has 0 aliphatic rings. The molecule has 1 aromatic carbocycles. The minimum atomic E-state index is 0.691. The Bertz CT molecular complexity index is 559. The van der Waals surface area contributed by atoms with Gasteiger partial charge in [-0.3, -0.25) is 0 Å². The zero-order valence-corrected chi connectivity index (χ0v) is 11.6. The summed E-state index contributed by atoms with van der Waals surface area (Å²) in [5.74, 6) is 0. The van der Waals surface area contributed by atoms with Gasteiger partial charge in [-0.25, -0.2) is 4.98 Å². The molecule has 1 aromatic heterocycles. The van der Waals surface area contributed by atoms with Crippen molar-refractivity contribution in [1.29, 1.82) is 5.26 Å². The lowest BCUT2D eigenvalue weighted by molar-refractivity contribution is 0.912. The van der Waals surface area contributed by atoms with Crippen molar-refractivity contribution in [2.75, 3.05) is 11.9 Å². The summed E-state index contributed by atoms with van der Waals surface area (Å²) >= 11 is 4.93. The number of benzene rings is 1. The summed E-state index contributed by atoms with van der Waals surface area (Å²) in [5.41, 5.74) is 1.80. The second kappa shape index (κ2) is 5.30. The molecule has 0 aliphatic carbocycles. The fourth-order valence-corrected chi connectivity index (χ4v) is 2.72. The van der Waals surface area contributed by atoms with Gasteiger partial charge in [-0.05, 0) is 33.6 Å². The third kappa shape index (κ3) is 3.05. The maximum Gasteiger partial charge on any atom is 0.186 e. The third-order valence-corrected chi connectivity index (χ3v) is 3.93. The van der Waals surface area contributed by atoms with Crippen LogP contribution in [0.4, 0.5) is 5.13 Å². The van der Waals surface area contributed by atoms with E-state index in [4.69, 9.17) is 5.26 Å². The molecule has 5 heteroatoms. The Morgan fingerprint density at radius 3 is 3.00 bits per heavy atom. The van der Waals surface area contributed by atoms with Gasteiger partial charge in [0.2, 0.25) is 0 Å². The number of thiazole rings is 1. The monoisotopic (exact) mass is 307 g/mol. The van der Waals surface area contributed by atoms with Gasteiger partial charge in [-0.1, -0.05) is 12.1 Å². The highest BCUT2D eigenvalue weighted by molar-refractivity contribution is 9.10. The van der Waals surface area contributed by atoms with E-state index >= 15 is 0 Å². The van der Waals surface area contributed by atoms with Crippen LogP contribution in [-0.2, 0) is 6.54 Å². The van der Waals surface area contributed by atoms with Crippen LogP contribution in [0.3, 0.4) is 0 Å². The zero-order chi connectivity index (χ0) is 12.3. The third-order valence-electron chi connectivity index (χ3n) is 2.27. The Balaban J connectivity index is 2.13. The van der Waals surface area contributed by atoms with Gasteiger partial charge in [0.25, 0.3) is 0 Å². The predicted octanol–water partition coefficient (Wildman–Crippen LogP) is 3.41. The standard InChI is InChI=1S/C12H10BrN3S/c1-16(12-15-11(13)8-17-12)7-10-4-2-3-9(5-10)6-14/h2-5,8H,7H2,1H3. The van der Waals surface area contributed by atoms with Crippen LogP contribution in [-0.4, -0.2) is 12.0 Å². The molecule has 0 saturated heterocycles. The van der Waals surface area contributed by atoms with Crippen molar-refractivity contribution in [1.82, 2.24) is 4.98 Å². The van der Waals surface area contributed by atoms with Gasteiger partial charge in [-0.15, -0.1) is 11.3 Å². The second-order valence-corrected chi connectivity index (χ2v) is 5.27. The summed E-state index contributed by atoms with van der Waals surface area (Å²) in [6.07, 6.45) is 0. The topological polar surface area (TPSA) is 39.9 Å². The van der Waals surface area contributed by atoms with Crippen molar-refractivity contribution in [3.63, 3.8) is 0 Å². The molecule has 2 rings (SSSR count). The van der Waals surface area contributed by atoms with Crippen LogP contribution in [0.25, 0.3) is 0 Å². The van der Waals surface area contributed by atoms with Gasteiger partial charge in [0, 0.05) is 19.0 Å². The van der Waals surface area contributed by atoms with E-state index in [9.17, 15) is 0 Å². The number of hydrogen-bond acceptors (Lipinski definition) is 4. The molecule has 0 bridgehead atoms. The van der Waals surface area contributed by atoms with E-state index in [-0.39, 0.29) is 0 Å². The summed E-state index contributed by atoms with van der Waals surface area (Å²) < 4.78 is 0.857. The van der Waals surface area contributed by atoms with Crippen molar-refractivity contribution in [2.45, 2.75) is 6.54 Å². The Labute approximate surface area is 112 Å². The van der Waals surface area contributed by atoms with Crippen LogP contribution in [0.5, 0.6) is 0 Å². The Morgan fingerprint density at radius 1 is 1.53 bits per heavy atom. The van der Waals surface area contributed by atoms with Gasteiger partial charge in [-0.2, -0.15) is 5.26 Å². The number of rotatable bonds is 3. The number of hydrogen-bond donors (Lipinski definition) is 0. The first kappa shape index (κ1) is 12.1. The molecule has 0 unspecified atom stereocenters. The second-order valence-electron chi connectivity index (χ2n) is 3.62. The van der Waals surface area contributed by atoms with Gasteiger partial charge < -0.3 is 4.90 Å². The number of aromatic nitrogens is 1. The Kier molecular flexibility index (Phi) is 3.77. The fraction of sp³-hybridized carbons (Fsp3) is 0.167. The van der Waals surface area contributed by atoms with Crippen LogP contribution >= 0.6 is 27.3 Å². The highest BCUT2D eigenvalue weighted by atomic mass is 79.9. The van der Waals surface area contributed by atoms with Crippen LogP contribution in [0.2, 0.25) is 0 Å². The van der Waals surface area contributed by atoms with Crippen molar-refractivity contribution < 1.29 is 0 Å². The molecule has 0 N–H and O–H groups in total. The van der Waals surface area contributed by atoms with E-state index in [1.807, 2.05) is 36.7 Å². The molecular formula is C12H10BrN3S. The first-order valence-electron chi connectivity index (χ1n) is 5.00. The summed E-state index contributed by atoms with van der Waals surface area (Å²) in [6.45, 7) is 0.746. The quantitative estimate of drug-likeness (QED) is 0.872. The molecule has 3 nitrogen and oxygen atoms in total. The molecule has 0 saturated carbocycles. The Hall–Kier alpha value is -1.38. The molecule has 1 heterocycles. The average molecular weight is 308 g/mol. The number of halogens is 1. The first-order valence-corrected chi connectivity index (χ1v) is 6.67. The van der Waals surface area contributed by atoms with Crippen LogP contribution in [0.15, 0.2) is 34.2 Å². The van der Waals surface area contributed by atoms with Crippen LogP contribution in [0.1, 0.15) is 11.1 Å². The minimum absolute atomic E-state index is 0.691. The van der Waals surface area contributed by atoms with E-state index in [1.165, 1.54) is 0 Å².